The van der Waals surface area contributed by atoms with Crippen LogP contribution in [-0.2, 0) is 0 Å². The zero-order valence-electron chi connectivity index (χ0n) is 8.77. The second kappa shape index (κ2) is 3.56. The summed E-state index contributed by atoms with van der Waals surface area (Å²) in [4.78, 5) is 0. The summed E-state index contributed by atoms with van der Waals surface area (Å²) in [5.74, 6) is 1.63. The molecule has 2 nitrogen and oxygen atoms in total. The minimum atomic E-state index is 0.314. The molecule has 0 amide bonds. The third-order valence-corrected chi connectivity index (χ3v) is 2.63. The first kappa shape index (κ1) is 9.28. The molecule has 0 saturated carbocycles. The number of rotatable bonds is 1. The Hall–Kier alpha value is -1.96. The van der Waals surface area contributed by atoms with Crippen LogP contribution in [0.5, 0.6) is 11.5 Å². The standard InChI is InChI=1S/C14H11O2/c1-10-3-2-4-11(7-10)12-5-6-13-14(8-12)16-9-15-13/h2-8H,1,9H2. The average Bonchev–Trinajstić information content (AvgIpc) is 2.75. The maximum absolute atomic E-state index is 5.35. The maximum Gasteiger partial charge on any atom is 0.231 e. The van der Waals surface area contributed by atoms with E-state index in [4.69, 9.17) is 9.47 Å². The molecule has 0 aliphatic carbocycles. The van der Waals surface area contributed by atoms with E-state index in [1.54, 1.807) is 0 Å². The van der Waals surface area contributed by atoms with Gasteiger partial charge in [-0.3, -0.25) is 0 Å². The SMILES string of the molecule is [CH2]c1cccc(-c2ccc3c(c2)OCO3)c1. The van der Waals surface area contributed by atoms with E-state index in [1.807, 2.05) is 30.3 Å². The Labute approximate surface area is 94.4 Å². The van der Waals surface area contributed by atoms with Gasteiger partial charge in [-0.15, -0.1) is 0 Å². The van der Waals surface area contributed by atoms with Crippen molar-refractivity contribution in [3.8, 4) is 22.6 Å². The van der Waals surface area contributed by atoms with Gasteiger partial charge >= 0.3 is 0 Å². The highest BCUT2D eigenvalue weighted by molar-refractivity contribution is 5.68. The largest absolute Gasteiger partial charge is 0.454 e. The summed E-state index contributed by atoms with van der Waals surface area (Å²) in [6, 6.07) is 14.1. The Morgan fingerprint density at radius 3 is 2.56 bits per heavy atom. The first-order valence-electron chi connectivity index (χ1n) is 5.15. The van der Waals surface area contributed by atoms with Crippen molar-refractivity contribution in [1.29, 1.82) is 0 Å². The van der Waals surface area contributed by atoms with Crippen molar-refractivity contribution in [2.75, 3.05) is 6.79 Å². The van der Waals surface area contributed by atoms with E-state index < -0.39 is 0 Å². The molecule has 2 aromatic rings. The Morgan fingerprint density at radius 1 is 0.875 bits per heavy atom. The van der Waals surface area contributed by atoms with Crippen LogP contribution >= 0.6 is 0 Å². The summed E-state index contributed by atoms with van der Waals surface area (Å²) in [6.07, 6.45) is 0. The van der Waals surface area contributed by atoms with Crippen LogP contribution in [0.3, 0.4) is 0 Å². The van der Waals surface area contributed by atoms with Gasteiger partial charge in [0, 0.05) is 0 Å². The van der Waals surface area contributed by atoms with E-state index in [-0.39, 0.29) is 0 Å². The molecule has 0 atom stereocenters. The minimum Gasteiger partial charge on any atom is -0.454 e. The van der Waals surface area contributed by atoms with Gasteiger partial charge in [0.25, 0.3) is 0 Å². The van der Waals surface area contributed by atoms with E-state index >= 15 is 0 Å². The van der Waals surface area contributed by atoms with Gasteiger partial charge in [0.2, 0.25) is 6.79 Å². The normalized spacial score (nSPS) is 12.8. The summed E-state index contributed by atoms with van der Waals surface area (Å²) >= 11 is 0. The molecule has 0 unspecified atom stereocenters. The highest BCUT2D eigenvalue weighted by Crippen LogP contribution is 2.35. The van der Waals surface area contributed by atoms with Crippen molar-refractivity contribution in [3.63, 3.8) is 0 Å². The predicted octanol–water partition coefficient (Wildman–Crippen LogP) is 3.26. The number of ether oxygens (including phenoxy) is 2. The summed E-state index contributed by atoms with van der Waals surface area (Å²) < 4.78 is 10.6. The van der Waals surface area contributed by atoms with Gasteiger partial charge in [-0.1, -0.05) is 30.3 Å². The zero-order chi connectivity index (χ0) is 11.0. The van der Waals surface area contributed by atoms with Crippen LogP contribution < -0.4 is 9.47 Å². The van der Waals surface area contributed by atoms with Gasteiger partial charge in [0.15, 0.2) is 11.5 Å². The van der Waals surface area contributed by atoms with Gasteiger partial charge in [-0.2, -0.15) is 0 Å². The fourth-order valence-corrected chi connectivity index (χ4v) is 1.83. The van der Waals surface area contributed by atoms with E-state index in [0.29, 0.717) is 6.79 Å². The van der Waals surface area contributed by atoms with Crippen LogP contribution in [0.15, 0.2) is 42.5 Å². The quantitative estimate of drug-likeness (QED) is 0.720. The molecule has 3 rings (SSSR count). The van der Waals surface area contributed by atoms with E-state index in [2.05, 4.69) is 19.1 Å². The van der Waals surface area contributed by atoms with Crippen LogP contribution in [0.4, 0.5) is 0 Å². The van der Waals surface area contributed by atoms with Crippen molar-refractivity contribution in [1.82, 2.24) is 0 Å². The zero-order valence-corrected chi connectivity index (χ0v) is 8.77. The van der Waals surface area contributed by atoms with Crippen LogP contribution in [0.1, 0.15) is 5.56 Å². The molecular formula is C14H11O2. The molecule has 0 aromatic heterocycles. The summed E-state index contributed by atoms with van der Waals surface area (Å²) in [5, 5.41) is 0. The van der Waals surface area contributed by atoms with Crippen molar-refractivity contribution < 1.29 is 9.47 Å². The molecule has 1 aliphatic heterocycles. The molecular weight excluding hydrogens is 200 g/mol. The first-order valence-corrected chi connectivity index (χ1v) is 5.15. The van der Waals surface area contributed by atoms with Crippen molar-refractivity contribution >= 4 is 0 Å². The molecule has 0 saturated heterocycles. The molecule has 79 valence electrons. The summed E-state index contributed by atoms with van der Waals surface area (Å²) in [7, 11) is 0. The summed E-state index contributed by atoms with van der Waals surface area (Å²) in [5.41, 5.74) is 3.27. The Balaban J connectivity index is 2.07. The summed E-state index contributed by atoms with van der Waals surface area (Å²) in [6.45, 7) is 4.24. The molecule has 16 heavy (non-hydrogen) atoms. The van der Waals surface area contributed by atoms with Crippen LogP contribution in [0, 0.1) is 6.92 Å². The van der Waals surface area contributed by atoms with Gasteiger partial charge in [0.05, 0.1) is 0 Å². The molecule has 2 heteroatoms. The van der Waals surface area contributed by atoms with Crippen molar-refractivity contribution in [3.05, 3.63) is 55.0 Å². The van der Waals surface area contributed by atoms with E-state index in [1.165, 1.54) is 0 Å². The highest BCUT2D eigenvalue weighted by Gasteiger charge is 2.13. The van der Waals surface area contributed by atoms with Gasteiger partial charge in [0.1, 0.15) is 0 Å². The number of fused-ring (bicyclic) bond motifs is 1. The topological polar surface area (TPSA) is 18.5 Å². The second-order valence-corrected chi connectivity index (χ2v) is 3.77. The van der Waals surface area contributed by atoms with Gasteiger partial charge in [-0.25, -0.2) is 0 Å². The first-order chi connectivity index (χ1) is 7.83. The predicted molar refractivity (Wildman–Crippen MR) is 62.5 cm³/mol. The van der Waals surface area contributed by atoms with Gasteiger partial charge < -0.3 is 9.47 Å². The molecule has 1 heterocycles. The fraction of sp³-hybridized carbons (Fsp3) is 0.0714. The van der Waals surface area contributed by atoms with Crippen molar-refractivity contribution in [2.45, 2.75) is 0 Å². The monoisotopic (exact) mass is 211 g/mol. The fourth-order valence-electron chi connectivity index (χ4n) is 1.83. The lowest BCUT2D eigenvalue weighted by atomic mass is 10.0. The third-order valence-electron chi connectivity index (χ3n) is 2.63. The van der Waals surface area contributed by atoms with Crippen molar-refractivity contribution in [2.24, 2.45) is 0 Å². The number of benzene rings is 2. The Kier molecular flexibility index (Phi) is 2.07. The average molecular weight is 211 g/mol. The van der Waals surface area contributed by atoms with Crippen LogP contribution in [0.2, 0.25) is 0 Å². The molecule has 1 radical (unpaired) electrons. The molecule has 0 fully saturated rings. The smallest absolute Gasteiger partial charge is 0.231 e. The lowest BCUT2D eigenvalue weighted by Crippen LogP contribution is -1.92. The number of hydrogen-bond donors (Lipinski definition) is 0. The van der Waals surface area contributed by atoms with Crippen LogP contribution in [0.25, 0.3) is 11.1 Å². The Bertz CT molecular complexity index is 532. The second-order valence-electron chi connectivity index (χ2n) is 3.77. The van der Waals surface area contributed by atoms with E-state index in [0.717, 1.165) is 28.2 Å². The maximum atomic E-state index is 5.35. The lowest BCUT2D eigenvalue weighted by molar-refractivity contribution is 0.174. The molecule has 1 aliphatic rings. The van der Waals surface area contributed by atoms with E-state index in [9.17, 15) is 0 Å². The third kappa shape index (κ3) is 1.52. The van der Waals surface area contributed by atoms with Gasteiger partial charge in [-0.05, 0) is 35.7 Å². The number of hydrogen-bond acceptors (Lipinski definition) is 2. The molecule has 0 bridgehead atoms. The Morgan fingerprint density at radius 2 is 1.69 bits per heavy atom. The molecule has 0 N–H and O–H groups in total. The minimum absolute atomic E-state index is 0.314. The van der Waals surface area contributed by atoms with Crippen LogP contribution in [-0.4, -0.2) is 6.79 Å². The molecule has 0 spiro atoms. The molecule has 2 aromatic carbocycles. The highest BCUT2D eigenvalue weighted by atomic mass is 16.7. The lowest BCUT2D eigenvalue weighted by Gasteiger charge is -2.04.